The van der Waals surface area contributed by atoms with E-state index in [1.807, 2.05) is 6.92 Å². The quantitative estimate of drug-likeness (QED) is 0.745. The van der Waals surface area contributed by atoms with Gasteiger partial charge in [-0.05, 0) is 57.7 Å². The number of rotatable bonds is 1. The van der Waals surface area contributed by atoms with Crippen LogP contribution in [0.25, 0.3) is 0 Å². The predicted molar refractivity (Wildman–Crippen MR) is 61.4 cm³/mol. The first kappa shape index (κ1) is 9.72. The van der Waals surface area contributed by atoms with E-state index in [0.29, 0.717) is 4.88 Å². The highest BCUT2D eigenvalue weighted by Gasteiger charge is 2.15. The number of carbonyl (C=O) groups is 1. The number of halogens is 2. The molecule has 0 aliphatic rings. The summed E-state index contributed by atoms with van der Waals surface area (Å²) in [6, 6.07) is 0. The zero-order valence-corrected chi connectivity index (χ0v) is 10.7. The van der Waals surface area contributed by atoms with Gasteiger partial charge < -0.3 is 5.11 Å². The van der Waals surface area contributed by atoms with Gasteiger partial charge in [-0.15, -0.1) is 11.3 Å². The van der Waals surface area contributed by atoms with E-state index < -0.39 is 5.97 Å². The van der Waals surface area contributed by atoms with Crippen molar-refractivity contribution in [2.75, 3.05) is 0 Å². The first-order valence-corrected chi connectivity index (χ1v) is 5.69. The topological polar surface area (TPSA) is 37.3 Å². The lowest BCUT2D eigenvalue weighted by atomic mass is 10.3. The maximum atomic E-state index is 10.6. The van der Waals surface area contributed by atoms with Gasteiger partial charge in [0.1, 0.15) is 4.88 Å². The molecule has 0 radical (unpaired) electrons. The molecule has 0 amide bonds. The zero-order valence-electron chi connectivity index (χ0n) is 5.52. The van der Waals surface area contributed by atoms with E-state index in [1.165, 1.54) is 11.3 Å². The third kappa shape index (κ3) is 1.86. The summed E-state index contributed by atoms with van der Waals surface area (Å²) in [5, 5.41) is 8.71. The Balaban J connectivity index is 3.29. The first-order valence-electron chi connectivity index (χ1n) is 2.71. The number of carboxylic acids is 1. The molecule has 1 heterocycles. The van der Waals surface area contributed by atoms with Crippen molar-refractivity contribution in [3.05, 3.63) is 16.9 Å². The maximum absolute atomic E-state index is 10.6. The fourth-order valence-electron chi connectivity index (χ4n) is 0.662. The summed E-state index contributed by atoms with van der Waals surface area (Å²) in [5.41, 5.74) is 0.882. The molecule has 1 aromatic rings. The summed E-state index contributed by atoms with van der Waals surface area (Å²) in [5.74, 6) is -0.826. The van der Waals surface area contributed by atoms with E-state index in [9.17, 15) is 4.79 Å². The van der Waals surface area contributed by atoms with Crippen LogP contribution in [0.2, 0.25) is 0 Å². The summed E-state index contributed by atoms with van der Waals surface area (Å²) in [6.07, 6.45) is 0. The van der Waals surface area contributed by atoms with Gasteiger partial charge in [0.25, 0.3) is 0 Å². The van der Waals surface area contributed by atoms with Gasteiger partial charge in [0.2, 0.25) is 0 Å². The van der Waals surface area contributed by atoms with Crippen molar-refractivity contribution >= 4 is 62.5 Å². The number of hydrogen-bond acceptors (Lipinski definition) is 2. The van der Waals surface area contributed by atoms with E-state index in [1.54, 1.807) is 0 Å². The highest BCUT2D eigenvalue weighted by atomic mass is 127. The van der Waals surface area contributed by atoms with Gasteiger partial charge in [0.05, 0.1) is 2.88 Å². The van der Waals surface area contributed by atoms with Crippen molar-refractivity contribution in [1.82, 2.24) is 0 Å². The van der Waals surface area contributed by atoms with Gasteiger partial charge in [-0.2, -0.15) is 0 Å². The highest BCUT2D eigenvalue weighted by Crippen LogP contribution is 2.30. The average Bonchev–Trinajstić information content (AvgIpc) is 2.17. The Morgan fingerprint density at radius 2 is 2.09 bits per heavy atom. The minimum absolute atomic E-state index is 0.457. The van der Waals surface area contributed by atoms with Gasteiger partial charge in [-0.25, -0.2) is 4.79 Å². The summed E-state index contributed by atoms with van der Waals surface area (Å²) in [7, 11) is 0. The van der Waals surface area contributed by atoms with Crippen LogP contribution in [-0.4, -0.2) is 11.1 Å². The molecule has 0 spiro atoms. The molecule has 0 aliphatic carbocycles. The highest BCUT2D eigenvalue weighted by molar-refractivity contribution is 14.1. The monoisotopic (exact) mass is 394 g/mol. The van der Waals surface area contributed by atoms with E-state index in [4.69, 9.17) is 5.11 Å². The largest absolute Gasteiger partial charge is 0.477 e. The first-order chi connectivity index (χ1) is 5.04. The van der Waals surface area contributed by atoms with Crippen molar-refractivity contribution < 1.29 is 9.90 Å². The molecular weight excluding hydrogens is 390 g/mol. The zero-order chi connectivity index (χ0) is 8.59. The molecule has 1 aromatic heterocycles. The van der Waals surface area contributed by atoms with Gasteiger partial charge in [-0.3, -0.25) is 0 Å². The van der Waals surface area contributed by atoms with Crippen molar-refractivity contribution in [2.45, 2.75) is 6.92 Å². The van der Waals surface area contributed by atoms with E-state index in [0.717, 1.165) is 12.0 Å². The van der Waals surface area contributed by atoms with Crippen LogP contribution in [0.15, 0.2) is 0 Å². The van der Waals surface area contributed by atoms with E-state index in [-0.39, 0.29) is 0 Å². The van der Waals surface area contributed by atoms with Gasteiger partial charge >= 0.3 is 5.97 Å². The van der Waals surface area contributed by atoms with Crippen LogP contribution in [0, 0.1) is 13.4 Å². The second-order valence-electron chi connectivity index (χ2n) is 1.95. The van der Waals surface area contributed by atoms with Crippen LogP contribution in [0.4, 0.5) is 0 Å². The molecule has 1 rings (SSSR count). The van der Waals surface area contributed by atoms with Crippen LogP contribution in [0.3, 0.4) is 0 Å². The third-order valence-corrected chi connectivity index (χ3v) is 6.24. The Labute approximate surface area is 95.3 Å². The molecule has 0 aliphatic heterocycles. The van der Waals surface area contributed by atoms with Crippen LogP contribution in [0.5, 0.6) is 0 Å². The molecule has 5 heteroatoms. The maximum Gasteiger partial charge on any atom is 0.346 e. The minimum atomic E-state index is -0.826. The summed E-state index contributed by atoms with van der Waals surface area (Å²) in [6.45, 7) is 1.84. The summed E-state index contributed by atoms with van der Waals surface area (Å²) in [4.78, 5) is 11.0. The van der Waals surface area contributed by atoms with Crippen molar-refractivity contribution in [3.63, 3.8) is 0 Å². The van der Waals surface area contributed by atoms with Crippen LogP contribution in [-0.2, 0) is 0 Å². The Bertz CT molecular complexity index is 306. The molecule has 0 saturated carbocycles. The fourth-order valence-corrected chi connectivity index (χ4v) is 3.27. The Morgan fingerprint density at radius 3 is 2.27 bits per heavy atom. The van der Waals surface area contributed by atoms with Crippen molar-refractivity contribution in [3.8, 4) is 0 Å². The minimum Gasteiger partial charge on any atom is -0.477 e. The van der Waals surface area contributed by atoms with Gasteiger partial charge in [0.15, 0.2) is 0 Å². The van der Waals surface area contributed by atoms with Crippen molar-refractivity contribution in [2.24, 2.45) is 0 Å². The predicted octanol–water partition coefficient (Wildman–Crippen LogP) is 2.96. The second kappa shape index (κ2) is 3.56. The standard InChI is InChI=1S/C6H4I2O2S/c1-2-3(7)5(8)11-4(2)6(9)10/h1H3,(H,9,10). The van der Waals surface area contributed by atoms with Crippen LogP contribution in [0.1, 0.15) is 15.2 Å². The van der Waals surface area contributed by atoms with Crippen LogP contribution < -0.4 is 0 Å². The molecule has 0 atom stereocenters. The molecule has 0 unspecified atom stereocenters. The number of aromatic carboxylic acids is 1. The molecule has 11 heavy (non-hydrogen) atoms. The molecule has 0 saturated heterocycles. The molecule has 60 valence electrons. The van der Waals surface area contributed by atoms with Crippen molar-refractivity contribution in [1.29, 1.82) is 0 Å². The lowest BCUT2D eigenvalue weighted by molar-refractivity contribution is 0.0701. The van der Waals surface area contributed by atoms with E-state index in [2.05, 4.69) is 45.2 Å². The normalized spacial score (nSPS) is 10.1. The Morgan fingerprint density at radius 1 is 1.55 bits per heavy atom. The Kier molecular flexibility index (Phi) is 3.15. The van der Waals surface area contributed by atoms with Gasteiger partial charge in [-0.1, -0.05) is 0 Å². The number of hydrogen-bond donors (Lipinski definition) is 1. The number of thiophene rings is 1. The smallest absolute Gasteiger partial charge is 0.346 e. The summed E-state index contributed by atoms with van der Waals surface area (Å²) < 4.78 is 2.11. The average molecular weight is 394 g/mol. The molecule has 0 bridgehead atoms. The molecule has 1 N–H and O–H groups in total. The van der Waals surface area contributed by atoms with Gasteiger partial charge in [0, 0.05) is 3.57 Å². The van der Waals surface area contributed by atoms with E-state index >= 15 is 0 Å². The summed E-state index contributed by atoms with van der Waals surface area (Å²) >= 11 is 5.64. The number of carboxylic acid groups (broad SMARTS) is 1. The molecule has 0 fully saturated rings. The fraction of sp³-hybridized carbons (Fsp3) is 0.167. The lowest BCUT2D eigenvalue weighted by Gasteiger charge is -1.89. The molecule has 2 nitrogen and oxygen atoms in total. The second-order valence-corrected chi connectivity index (χ2v) is 5.86. The lowest BCUT2D eigenvalue weighted by Crippen LogP contribution is -1.94. The molecule has 0 aromatic carbocycles. The third-order valence-electron chi connectivity index (χ3n) is 1.23. The SMILES string of the molecule is Cc1c(C(=O)O)sc(I)c1I. The van der Waals surface area contributed by atoms with Crippen LogP contribution >= 0.6 is 56.5 Å². The molecular formula is C6H4I2O2S. The Hall–Kier alpha value is 0.630.